The molecule has 0 bridgehead atoms. The van der Waals surface area contributed by atoms with Crippen LogP contribution >= 0.6 is 0 Å². The molecule has 2 saturated heterocycles. The molecule has 140 valence electrons. The lowest BCUT2D eigenvalue weighted by Gasteiger charge is -2.30. The predicted octanol–water partition coefficient (Wildman–Crippen LogP) is 0.981. The molecule has 0 unspecified atom stereocenters. The minimum absolute atomic E-state index is 0.153. The molecule has 2 aliphatic rings. The van der Waals surface area contributed by atoms with Crippen molar-refractivity contribution in [1.82, 2.24) is 20.3 Å². The molecular weight excluding hydrogens is 339 g/mol. The second kappa shape index (κ2) is 7.79. The predicted molar refractivity (Wildman–Crippen MR) is 91.9 cm³/mol. The third-order valence-corrected chi connectivity index (χ3v) is 4.97. The summed E-state index contributed by atoms with van der Waals surface area (Å²) in [6.07, 6.45) is 2.89. The molecule has 0 radical (unpaired) electrons. The van der Waals surface area contributed by atoms with Crippen molar-refractivity contribution in [1.29, 1.82) is 0 Å². The Labute approximate surface area is 151 Å². The first-order valence-corrected chi connectivity index (χ1v) is 8.98. The molecule has 7 nitrogen and oxygen atoms in total. The average Bonchev–Trinajstić information content (AvgIpc) is 3.25. The normalized spacial score (nSPS) is 27.1. The lowest BCUT2D eigenvalue weighted by Crippen LogP contribution is -2.51. The SMILES string of the molecule is O[C@H]1CO[C@H](Cn2cc(-c3cccc(F)c3)nn2)[C@@H]1NC1CCOCC1. The Morgan fingerprint density at radius 3 is 2.96 bits per heavy atom. The summed E-state index contributed by atoms with van der Waals surface area (Å²) in [4.78, 5) is 0. The van der Waals surface area contributed by atoms with Crippen LogP contribution in [0, 0.1) is 5.82 Å². The summed E-state index contributed by atoms with van der Waals surface area (Å²) in [7, 11) is 0. The minimum Gasteiger partial charge on any atom is -0.389 e. The number of hydrogen-bond acceptors (Lipinski definition) is 6. The zero-order chi connectivity index (χ0) is 17.9. The molecule has 8 heteroatoms. The lowest BCUT2D eigenvalue weighted by atomic mass is 10.0. The van der Waals surface area contributed by atoms with Gasteiger partial charge in [0.05, 0.1) is 37.6 Å². The second-order valence-electron chi connectivity index (χ2n) is 6.85. The fourth-order valence-electron chi connectivity index (χ4n) is 3.55. The number of nitrogens with one attached hydrogen (secondary N) is 1. The Morgan fingerprint density at radius 1 is 1.31 bits per heavy atom. The van der Waals surface area contributed by atoms with Crippen LogP contribution in [-0.4, -0.2) is 64.2 Å². The number of ether oxygens (including phenoxy) is 2. The summed E-state index contributed by atoms with van der Waals surface area (Å²) in [5.41, 5.74) is 1.29. The number of aromatic nitrogens is 3. The summed E-state index contributed by atoms with van der Waals surface area (Å²) in [6.45, 7) is 2.26. The van der Waals surface area contributed by atoms with Crippen LogP contribution in [0.4, 0.5) is 4.39 Å². The number of halogens is 1. The molecule has 0 spiro atoms. The van der Waals surface area contributed by atoms with Gasteiger partial charge in [-0.15, -0.1) is 5.10 Å². The Morgan fingerprint density at radius 2 is 2.15 bits per heavy atom. The van der Waals surface area contributed by atoms with Crippen molar-refractivity contribution in [2.45, 2.75) is 43.7 Å². The molecule has 2 fully saturated rings. The van der Waals surface area contributed by atoms with Crippen LogP contribution in [-0.2, 0) is 16.0 Å². The third-order valence-electron chi connectivity index (χ3n) is 4.97. The summed E-state index contributed by atoms with van der Waals surface area (Å²) < 4.78 is 26.2. The minimum atomic E-state index is -0.547. The Kier molecular flexibility index (Phi) is 5.26. The van der Waals surface area contributed by atoms with Gasteiger partial charge >= 0.3 is 0 Å². The molecule has 3 atom stereocenters. The Balaban J connectivity index is 1.42. The van der Waals surface area contributed by atoms with Gasteiger partial charge in [0, 0.05) is 24.8 Å². The van der Waals surface area contributed by atoms with Crippen LogP contribution in [0.25, 0.3) is 11.3 Å². The molecule has 2 aromatic rings. The largest absolute Gasteiger partial charge is 0.389 e. The third kappa shape index (κ3) is 3.93. The quantitative estimate of drug-likeness (QED) is 0.825. The van der Waals surface area contributed by atoms with Crippen molar-refractivity contribution < 1.29 is 19.0 Å². The Hall–Kier alpha value is -1.87. The number of hydrogen-bond donors (Lipinski definition) is 2. The summed E-state index contributed by atoms with van der Waals surface area (Å²) in [6, 6.07) is 6.44. The van der Waals surface area contributed by atoms with E-state index in [1.54, 1.807) is 23.0 Å². The Bertz CT molecular complexity index is 735. The summed E-state index contributed by atoms with van der Waals surface area (Å²) >= 11 is 0. The average molecular weight is 362 g/mol. The van der Waals surface area contributed by atoms with Crippen molar-refractivity contribution in [3.8, 4) is 11.3 Å². The highest BCUT2D eigenvalue weighted by Crippen LogP contribution is 2.21. The van der Waals surface area contributed by atoms with Gasteiger partial charge in [-0.1, -0.05) is 17.3 Å². The highest BCUT2D eigenvalue weighted by atomic mass is 19.1. The van der Waals surface area contributed by atoms with Gasteiger partial charge in [-0.2, -0.15) is 0 Å². The van der Waals surface area contributed by atoms with Gasteiger partial charge < -0.3 is 19.9 Å². The molecule has 26 heavy (non-hydrogen) atoms. The molecule has 2 N–H and O–H groups in total. The van der Waals surface area contributed by atoms with E-state index in [-0.39, 0.29) is 18.0 Å². The summed E-state index contributed by atoms with van der Waals surface area (Å²) in [5, 5.41) is 22.0. The van der Waals surface area contributed by atoms with Gasteiger partial charge in [0.2, 0.25) is 0 Å². The van der Waals surface area contributed by atoms with E-state index in [2.05, 4.69) is 15.6 Å². The number of aliphatic hydroxyl groups excluding tert-OH is 1. The maximum absolute atomic E-state index is 13.4. The van der Waals surface area contributed by atoms with Crippen LogP contribution in [0.15, 0.2) is 30.5 Å². The van der Waals surface area contributed by atoms with E-state index in [0.29, 0.717) is 30.5 Å². The van der Waals surface area contributed by atoms with E-state index < -0.39 is 6.10 Å². The molecule has 0 aliphatic carbocycles. The molecule has 4 rings (SSSR count). The van der Waals surface area contributed by atoms with Crippen molar-refractivity contribution in [3.05, 3.63) is 36.3 Å². The zero-order valence-corrected chi connectivity index (χ0v) is 14.4. The van der Waals surface area contributed by atoms with Crippen LogP contribution in [0.5, 0.6) is 0 Å². The molecule has 0 saturated carbocycles. The fourth-order valence-corrected chi connectivity index (χ4v) is 3.55. The first-order chi connectivity index (χ1) is 12.7. The number of rotatable bonds is 5. The van der Waals surface area contributed by atoms with Crippen LogP contribution in [0.1, 0.15) is 12.8 Å². The van der Waals surface area contributed by atoms with E-state index >= 15 is 0 Å². The van der Waals surface area contributed by atoms with E-state index in [4.69, 9.17) is 9.47 Å². The molecule has 1 aromatic heterocycles. The molecular formula is C18H23FN4O3. The number of aliphatic hydroxyl groups is 1. The van der Waals surface area contributed by atoms with Gasteiger partial charge in [0.15, 0.2) is 0 Å². The van der Waals surface area contributed by atoms with Gasteiger partial charge in [-0.3, -0.25) is 0 Å². The van der Waals surface area contributed by atoms with Crippen LogP contribution in [0.3, 0.4) is 0 Å². The molecule has 2 aliphatic heterocycles. The van der Waals surface area contributed by atoms with Gasteiger partial charge in [-0.05, 0) is 25.0 Å². The van der Waals surface area contributed by atoms with Crippen LogP contribution < -0.4 is 5.32 Å². The molecule has 0 amide bonds. The zero-order valence-electron chi connectivity index (χ0n) is 14.4. The van der Waals surface area contributed by atoms with Gasteiger partial charge in [0.25, 0.3) is 0 Å². The number of benzene rings is 1. The number of nitrogens with zero attached hydrogens (tertiary/aromatic N) is 3. The van der Waals surface area contributed by atoms with E-state index in [1.165, 1.54) is 12.1 Å². The van der Waals surface area contributed by atoms with Crippen molar-refractivity contribution >= 4 is 0 Å². The molecule has 3 heterocycles. The summed E-state index contributed by atoms with van der Waals surface area (Å²) in [5.74, 6) is -0.306. The van der Waals surface area contributed by atoms with E-state index in [0.717, 1.165) is 26.1 Å². The van der Waals surface area contributed by atoms with Crippen molar-refractivity contribution in [2.24, 2.45) is 0 Å². The smallest absolute Gasteiger partial charge is 0.123 e. The second-order valence-corrected chi connectivity index (χ2v) is 6.85. The standard InChI is InChI=1S/C18H23FN4O3/c19-13-3-1-2-12(8-13)15-9-23(22-21-15)10-17-18(16(24)11-26-17)20-14-4-6-25-7-5-14/h1-3,8-9,14,16-18,20,24H,4-7,10-11H2/t16-,17+,18+/m0/s1. The van der Waals surface area contributed by atoms with E-state index in [1.807, 2.05) is 0 Å². The fraction of sp³-hybridized carbons (Fsp3) is 0.556. The van der Waals surface area contributed by atoms with Crippen LogP contribution in [0.2, 0.25) is 0 Å². The maximum atomic E-state index is 13.4. The van der Waals surface area contributed by atoms with Gasteiger partial charge in [0.1, 0.15) is 11.5 Å². The molecule has 1 aromatic carbocycles. The highest BCUT2D eigenvalue weighted by Gasteiger charge is 2.38. The first kappa shape index (κ1) is 17.5. The van der Waals surface area contributed by atoms with Crippen molar-refractivity contribution in [3.63, 3.8) is 0 Å². The first-order valence-electron chi connectivity index (χ1n) is 8.98. The monoisotopic (exact) mass is 362 g/mol. The maximum Gasteiger partial charge on any atom is 0.123 e. The van der Waals surface area contributed by atoms with Gasteiger partial charge in [-0.25, -0.2) is 9.07 Å². The topological polar surface area (TPSA) is 81.4 Å². The lowest BCUT2D eigenvalue weighted by molar-refractivity contribution is 0.0562. The van der Waals surface area contributed by atoms with E-state index in [9.17, 15) is 9.50 Å². The highest BCUT2D eigenvalue weighted by molar-refractivity contribution is 5.57. The van der Waals surface area contributed by atoms with Crippen molar-refractivity contribution in [2.75, 3.05) is 19.8 Å².